The van der Waals surface area contributed by atoms with E-state index in [-0.39, 0.29) is 12.5 Å². The smallest absolute Gasteiger partial charge is 0.0471 e. The highest BCUT2D eigenvalue weighted by Crippen LogP contribution is 2.25. The van der Waals surface area contributed by atoms with Crippen molar-refractivity contribution in [2.24, 2.45) is 5.92 Å². The molecular formula is C19H33N3O. The maximum atomic E-state index is 9.28. The van der Waals surface area contributed by atoms with E-state index in [2.05, 4.69) is 67.3 Å². The van der Waals surface area contributed by atoms with E-state index in [0.29, 0.717) is 12.1 Å². The lowest BCUT2D eigenvalue weighted by atomic mass is 10.0. The van der Waals surface area contributed by atoms with E-state index in [9.17, 15) is 5.11 Å². The number of nitrogens with one attached hydrogen (secondary N) is 1. The van der Waals surface area contributed by atoms with Gasteiger partial charge in [0.2, 0.25) is 0 Å². The first-order valence-electron chi connectivity index (χ1n) is 8.86. The fraction of sp³-hybridized carbons (Fsp3) is 0.684. The number of aliphatic hydroxyl groups is 1. The second-order valence-corrected chi connectivity index (χ2v) is 7.10. The zero-order chi connectivity index (χ0) is 16.8. The molecule has 1 fully saturated rings. The van der Waals surface area contributed by atoms with Crippen molar-refractivity contribution in [1.29, 1.82) is 0 Å². The van der Waals surface area contributed by atoms with Crippen molar-refractivity contribution in [3.63, 3.8) is 0 Å². The van der Waals surface area contributed by atoms with E-state index in [1.807, 2.05) is 0 Å². The molecule has 4 nitrogen and oxygen atoms in total. The molecule has 2 N–H and O–H groups in total. The minimum absolute atomic E-state index is 0.227. The van der Waals surface area contributed by atoms with Crippen molar-refractivity contribution in [1.82, 2.24) is 10.2 Å². The summed E-state index contributed by atoms with van der Waals surface area (Å²) in [6, 6.07) is 9.62. The molecule has 130 valence electrons. The fourth-order valence-corrected chi connectivity index (χ4v) is 3.21. The zero-order valence-electron chi connectivity index (χ0n) is 15.1. The summed E-state index contributed by atoms with van der Waals surface area (Å²) in [5.74, 6) is 0.272. The Balaban J connectivity index is 2.02. The Hall–Kier alpha value is -1.10. The Bertz CT molecular complexity index is 471. The van der Waals surface area contributed by atoms with E-state index < -0.39 is 0 Å². The van der Waals surface area contributed by atoms with Gasteiger partial charge in [-0.25, -0.2) is 0 Å². The first-order chi connectivity index (χ1) is 11.0. The average molecular weight is 319 g/mol. The van der Waals surface area contributed by atoms with Gasteiger partial charge in [-0.1, -0.05) is 25.1 Å². The van der Waals surface area contributed by atoms with Gasteiger partial charge in [0.15, 0.2) is 0 Å². The van der Waals surface area contributed by atoms with Crippen molar-refractivity contribution >= 4 is 5.69 Å². The molecule has 0 bridgehead atoms. The van der Waals surface area contributed by atoms with Gasteiger partial charge in [-0.15, -0.1) is 0 Å². The molecule has 2 atom stereocenters. The minimum atomic E-state index is 0.227. The largest absolute Gasteiger partial charge is 0.396 e. The van der Waals surface area contributed by atoms with Gasteiger partial charge in [0, 0.05) is 38.0 Å². The van der Waals surface area contributed by atoms with Gasteiger partial charge in [0.25, 0.3) is 0 Å². The topological polar surface area (TPSA) is 38.7 Å². The molecule has 4 heteroatoms. The number of aliphatic hydroxyl groups excluding tert-OH is 1. The molecule has 1 aromatic carbocycles. The highest BCUT2D eigenvalue weighted by Gasteiger charge is 2.22. The number of piperidine rings is 1. The summed E-state index contributed by atoms with van der Waals surface area (Å²) in [6.07, 6.45) is 2.46. The van der Waals surface area contributed by atoms with Crippen LogP contribution in [-0.2, 0) is 6.54 Å². The van der Waals surface area contributed by atoms with Gasteiger partial charge in [-0.2, -0.15) is 0 Å². The molecule has 23 heavy (non-hydrogen) atoms. The Kier molecular flexibility index (Phi) is 6.88. The standard InChI is InChI=1S/C19H33N3O/c1-15(14-23)16(2)20-13-17-7-5-6-8-19(17)22(4)18-9-11-21(3)12-10-18/h5-8,15-16,18,20,23H,9-14H2,1-4H3. The summed E-state index contributed by atoms with van der Waals surface area (Å²) in [6.45, 7) is 7.66. The molecule has 1 saturated heterocycles. The summed E-state index contributed by atoms with van der Waals surface area (Å²) in [4.78, 5) is 4.87. The van der Waals surface area contributed by atoms with Gasteiger partial charge >= 0.3 is 0 Å². The van der Waals surface area contributed by atoms with Gasteiger partial charge in [-0.05, 0) is 57.5 Å². The summed E-state index contributed by atoms with van der Waals surface area (Å²) < 4.78 is 0. The van der Waals surface area contributed by atoms with Crippen molar-refractivity contribution in [3.8, 4) is 0 Å². The summed E-state index contributed by atoms with van der Waals surface area (Å²) in [5.41, 5.74) is 2.67. The number of benzene rings is 1. The SMILES string of the molecule is CC(CO)C(C)NCc1ccccc1N(C)C1CCN(C)CC1. The van der Waals surface area contributed by atoms with Crippen LogP contribution in [0.15, 0.2) is 24.3 Å². The maximum Gasteiger partial charge on any atom is 0.0471 e. The number of nitrogens with zero attached hydrogens (tertiary/aromatic N) is 2. The number of para-hydroxylation sites is 1. The van der Waals surface area contributed by atoms with Crippen LogP contribution in [0, 0.1) is 5.92 Å². The monoisotopic (exact) mass is 319 g/mol. The van der Waals surface area contributed by atoms with E-state index in [4.69, 9.17) is 0 Å². The molecular weight excluding hydrogens is 286 g/mol. The molecule has 1 heterocycles. The Morgan fingerprint density at radius 2 is 1.91 bits per heavy atom. The molecule has 0 amide bonds. The maximum absolute atomic E-state index is 9.28. The summed E-state index contributed by atoms with van der Waals surface area (Å²) in [7, 11) is 4.44. The predicted molar refractivity (Wildman–Crippen MR) is 97.9 cm³/mol. The number of rotatable bonds is 7. The first-order valence-corrected chi connectivity index (χ1v) is 8.86. The van der Waals surface area contributed by atoms with Crippen LogP contribution >= 0.6 is 0 Å². The van der Waals surface area contributed by atoms with Crippen LogP contribution in [0.25, 0.3) is 0 Å². The van der Waals surface area contributed by atoms with Crippen LogP contribution in [0.1, 0.15) is 32.3 Å². The molecule has 1 aliphatic rings. The molecule has 0 radical (unpaired) electrons. The van der Waals surface area contributed by atoms with Gasteiger partial charge in [-0.3, -0.25) is 0 Å². The Morgan fingerprint density at radius 3 is 2.57 bits per heavy atom. The lowest BCUT2D eigenvalue weighted by Crippen LogP contribution is -2.42. The quantitative estimate of drug-likeness (QED) is 0.809. The third-order valence-corrected chi connectivity index (χ3v) is 5.36. The fourth-order valence-electron chi connectivity index (χ4n) is 3.21. The van der Waals surface area contributed by atoms with Crippen LogP contribution in [0.2, 0.25) is 0 Å². The number of anilines is 1. The highest BCUT2D eigenvalue weighted by molar-refractivity contribution is 5.54. The third-order valence-electron chi connectivity index (χ3n) is 5.36. The van der Waals surface area contributed by atoms with Gasteiger partial charge < -0.3 is 20.2 Å². The van der Waals surface area contributed by atoms with Crippen molar-refractivity contribution in [2.75, 3.05) is 38.7 Å². The van der Waals surface area contributed by atoms with Crippen molar-refractivity contribution < 1.29 is 5.11 Å². The molecule has 1 aromatic rings. The van der Waals surface area contributed by atoms with E-state index >= 15 is 0 Å². The average Bonchev–Trinajstić information content (AvgIpc) is 2.59. The van der Waals surface area contributed by atoms with E-state index in [1.54, 1.807) is 0 Å². The van der Waals surface area contributed by atoms with Gasteiger partial charge in [0.1, 0.15) is 0 Å². The molecule has 0 spiro atoms. The van der Waals surface area contributed by atoms with Crippen LogP contribution < -0.4 is 10.2 Å². The number of hydrogen-bond acceptors (Lipinski definition) is 4. The molecule has 0 aliphatic carbocycles. The van der Waals surface area contributed by atoms with Crippen LogP contribution in [0.4, 0.5) is 5.69 Å². The zero-order valence-corrected chi connectivity index (χ0v) is 15.1. The van der Waals surface area contributed by atoms with Crippen LogP contribution in [0.3, 0.4) is 0 Å². The Morgan fingerprint density at radius 1 is 1.26 bits per heavy atom. The third kappa shape index (κ3) is 4.93. The second kappa shape index (κ2) is 8.67. The second-order valence-electron chi connectivity index (χ2n) is 7.10. The molecule has 1 aliphatic heterocycles. The predicted octanol–water partition coefficient (Wildman–Crippen LogP) is 2.32. The van der Waals surface area contributed by atoms with Crippen LogP contribution in [-0.4, -0.2) is 55.9 Å². The lowest BCUT2D eigenvalue weighted by Gasteiger charge is -2.37. The van der Waals surface area contributed by atoms with Crippen molar-refractivity contribution in [3.05, 3.63) is 29.8 Å². The number of likely N-dealkylation sites (tertiary alicyclic amines) is 1. The first kappa shape index (κ1) is 18.2. The Labute approximate surface area is 141 Å². The molecule has 0 aromatic heterocycles. The number of hydrogen-bond donors (Lipinski definition) is 2. The van der Waals surface area contributed by atoms with Gasteiger partial charge in [0.05, 0.1) is 0 Å². The molecule has 2 unspecified atom stereocenters. The van der Waals surface area contributed by atoms with Crippen LogP contribution in [0.5, 0.6) is 0 Å². The molecule has 0 saturated carbocycles. The van der Waals surface area contributed by atoms with Crippen molar-refractivity contribution in [2.45, 2.75) is 45.3 Å². The lowest BCUT2D eigenvalue weighted by molar-refractivity contribution is 0.207. The molecule has 2 rings (SSSR count). The summed E-state index contributed by atoms with van der Waals surface area (Å²) >= 11 is 0. The normalized spacial score (nSPS) is 19.5. The van der Waals surface area contributed by atoms with E-state index in [0.717, 1.165) is 6.54 Å². The highest BCUT2D eigenvalue weighted by atomic mass is 16.3. The summed E-state index contributed by atoms with van der Waals surface area (Å²) in [5, 5.41) is 12.8. The van der Waals surface area contributed by atoms with E-state index in [1.165, 1.54) is 37.2 Å². The minimum Gasteiger partial charge on any atom is -0.396 e.